The van der Waals surface area contributed by atoms with Crippen LogP contribution in [0.1, 0.15) is 11.1 Å². The summed E-state index contributed by atoms with van der Waals surface area (Å²) in [6.45, 7) is 8.72. The lowest BCUT2D eigenvalue weighted by molar-refractivity contribution is 0.408. The minimum Gasteiger partial charge on any atom is -0.496 e. The predicted octanol–water partition coefficient (Wildman–Crippen LogP) is 2.60. The first-order valence-electron chi connectivity index (χ1n) is 4.35. The molecule has 3 heteroatoms. The van der Waals surface area contributed by atoms with Gasteiger partial charge in [-0.2, -0.15) is 0 Å². The van der Waals surface area contributed by atoms with Crippen molar-refractivity contribution >= 4 is 0 Å². The molecule has 1 aromatic rings. The molecule has 0 N–H and O–H groups in total. The molecule has 0 bridgehead atoms. The molecule has 1 rings (SSSR count). The second-order valence-corrected chi connectivity index (χ2v) is 3.04. The van der Waals surface area contributed by atoms with E-state index < -0.39 is 0 Å². The highest BCUT2D eigenvalue weighted by molar-refractivity contribution is 5.38. The van der Waals surface area contributed by atoms with Crippen molar-refractivity contribution in [3.63, 3.8) is 0 Å². The molecular formula is C11H12FNO. The summed E-state index contributed by atoms with van der Waals surface area (Å²) in [5.41, 5.74) is 1.32. The van der Waals surface area contributed by atoms with Crippen molar-refractivity contribution in [1.82, 2.24) is 0 Å². The Hall–Kier alpha value is -1.56. The maximum atomic E-state index is 13.2. The molecule has 74 valence electrons. The number of halogens is 1. The number of hydrogen-bond donors (Lipinski definition) is 0. The summed E-state index contributed by atoms with van der Waals surface area (Å²) in [7, 11) is 1.55. The number of methoxy groups -OCH3 is 1. The SMILES string of the molecule is [C-]#[N+]CCc1cc(F)c(C)cc1OC. The number of hydrogen-bond acceptors (Lipinski definition) is 1. The van der Waals surface area contributed by atoms with Crippen LogP contribution in [0.3, 0.4) is 0 Å². The van der Waals surface area contributed by atoms with E-state index in [0.29, 0.717) is 24.3 Å². The summed E-state index contributed by atoms with van der Waals surface area (Å²) in [6, 6.07) is 3.11. The van der Waals surface area contributed by atoms with Gasteiger partial charge in [0.15, 0.2) is 0 Å². The van der Waals surface area contributed by atoms with Crippen LogP contribution in [0.15, 0.2) is 12.1 Å². The van der Waals surface area contributed by atoms with Crippen LogP contribution >= 0.6 is 0 Å². The lowest BCUT2D eigenvalue weighted by Gasteiger charge is -2.07. The van der Waals surface area contributed by atoms with Crippen LogP contribution in [0.2, 0.25) is 0 Å². The zero-order valence-corrected chi connectivity index (χ0v) is 8.30. The Kier molecular flexibility index (Phi) is 3.47. The van der Waals surface area contributed by atoms with Gasteiger partial charge in [0.05, 0.1) is 7.11 Å². The Labute approximate surface area is 83.1 Å². The number of ether oxygens (including phenoxy) is 1. The zero-order chi connectivity index (χ0) is 10.6. The van der Waals surface area contributed by atoms with Gasteiger partial charge in [-0.05, 0) is 24.6 Å². The van der Waals surface area contributed by atoms with Gasteiger partial charge in [-0.3, -0.25) is 0 Å². The first kappa shape index (κ1) is 10.5. The highest BCUT2D eigenvalue weighted by atomic mass is 19.1. The molecule has 0 fully saturated rings. The number of rotatable bonds is 3. The monoisotopic (exact) mass is 193 g/mol. The number of nitrogens with zero attached hydrogens (tertiary/aromatic N) is 1. The van der Waals surface area contributed by atoms with Gasteiger partial charge < -0.3 is 9.58 Å². The van der Waals surface area contributed by atoms with E-state index in [2.05, 4.69) is 4.85 Å². The third-order valence-corrected chi connectivity index (χ3v) is 2.05. The van der Waals surface area contributed by atoms with E-state index >= 15 is 0 Å². The molecule has 0 saturated carbocycles. The molecule has 0 spiro atoms. The fourth-order valence-corrected chi connectivity index (χ4v) is 1.26. The summed E-state index contributed by atoms with van der Waals surface area (Å²) in [5.74, 6) is 0.415. The van der Waals surface area contributed by atoms with Crippen molar-refractivity contribution in [2.45, 2.75) is 13.3 Å². The maximum Gasteiger partial charge on any atom is 0.218 e. The van der Waals surface area contributed by atoms with Crippen molar-refractivity contribution in [3.05, 3.63) is 40.5 Å². The summed E-state index contributed by atoms with van der Waals surface area (Å²) in [4.78, 5) is 3.23. The van der Waals surface area contributed by atoms with E-state index in [1.54, 1.807) is 20.1 Å². The van der Waals surface area contributed by atoms with Gasteiger partial charge in [-0.1, -0.05) is 0 Å². The molecule has 14 heavy (non-hydrogen) atoms. The molecular weight excluding hydrogens is 181 g/mol. The van der Waals surface area contributed by atoms with E-state index in [1.807, 2.05) is 0 Å². The topological polar surface area (TPSA) is 13.6 Å². The standard InChI is InChI=1S/C11H12FNO/c1-8-6-11(14-3)9(4-5-13-2)7-10(8)12/h6-7H,4-5H2,1,3H3. The van der Waals surface area contributed by atoms with Gasteiger partial charge in [0.1, 0.15) is 11.6 Å². The Morgan fingerprint density at radius 2 is 2.21 bits per heavy atom. The van der Waals surface area contributed by atoms with Gasteiger partial charge in [0.2, 0.25) is 6.54 Å². The van der Waals surface area contributed by atoms with E-state index in [4.69, 9.17) is 11.3 Å². The molecule has 0 unspecified atom stereocenters. The van der Waals surface area contributed by atoms with Crippen molar-refractivity contribution in [1.29, 1.82) is 0 Å². The van der Waals surface area contributed by atoms with E-state index in [1.165, 1.54) is 6.07 Å². The minimum absolute atomic E-state index is 0.245. The lowest BCUT2D eigenvalue weighted by atomic mass is 10.1. The van der Waals surface area contributed by atoms with Crippen LogP contribution in [-0.4, -0.2) is 13.7 Å². The average Bonchev–Trinajstić information content (AvgIpc) is 2.19. The molecule has 0 atom stereocenters. The van der Waals surface area contributed by atoms with Crippen LogP contribution in [-0.2, 0) is 6.42 Å². The normalized spacial score (nSPS) is 9.57. The molecule has 0 aliphatic carbocycles. The quantitative estimate of drug-likeness (QED) is 0.673. The first-order valence-corrected chi connectivity index (χ1v) is 4.35. The Morgan fingerprint density at radius 3 is 2.79 bits per heavy atom. The number of aryl methyl sites for hydroxylation is 1. The van der Waals surface area contributed by atoms with Gasteiger partial charge in [0, 0.05) is 12.0 Å². The number of benzene rings is 1. The Morgan fingerprint density at radius 1 is 1.50 bits per heavy atom. The van der Waals surface area contributed by atoms with Crippen LogP contribution in [0.4, 0.5) is 4.39 Å². The van der Waals surface area contributed by atoms with Crippen molar-refractivity contribution in [2.24, 2.45) is 0 Å². The second-order valence-electron chi connectivity index (χ2n) is 3.04. The van der Waals surface area contributed by atoms with Gasteiger partial charge in [0.25, 0.3) is 0 Å². The van der Waals surface area contributed by atoms with E-state index in [9.17, 15) is 4.39 Å². The Bertz CT molecular complexity index is 368. The van der Waals surface area contributed by atoms with E-state index in [0.717, 1.165) is 5.56 Å². The molecule has 0 aromatic heterocycles. The maximum absolute atomic E-state index is 13.2. The third kappa shape index (κ3) is 2.23. The highest BCUT2D eigenvalue weighted by Gasteiger charge is 2.08. The largest absolute Gasteiger partial charge is 0.496 e. The second kappa shape index (κ2) is 4.61. The van der Waals surface area contributed by atoms with Crippen LogP contribution < -0.4 is 4.74 Å². The van der Waals surface area contributed by atoms with Crippen molar-refractivity contribution < 1.29 is 9.13 Å². The Balaban J connectivity index is 3.02. The predicted molar refractivity (Wildman–Crippen MR) is 52.9 cm³/mol. The fourth-order valence-electron chi connectivity index (χ4n) is 1.26. The molecule has 0 radical (unpaired) electrons. The fraction of sp³-hybridized carbons (Fsp3) is 0.364. The summed E-state index contributed by atoms with van der Waals surface area (Å²) in [5, 5.41) is 0. The first-order chi connectivity index (χ1) is 6.69. The molecule has 1 aromatic carbocycles. The molecule has 0 aliphatic heterocycles. The third-order valence-electron chi connectivity index (χ3n) is 2.05. The van der Waals surface area contributed by atoms with Crippen molar-refractivity contribution in [3.8, 4) is 5.75 Å². The summed E-state index contributed by atoms with van der Waals surface area (Å²) >= 11 is 0. The van der Waals surface area contributed by atoms with Gasteiger partial charge in [-0.25, -0.2) is 11.0 Å². The van der Waals surface area contributed by atoms with Crippen molar-refractivity contribution in [2.75, 3.05) is 13.7 Å². The summed E-state index contributed by atoms with van der Waals surface area (Å²) < 4.78 is 18.3. The van der Waals surface area contributed by atoms with Gasteiger partial charge in [-0.15, -0.1) is 0 Å². The molecule has 2 nitrogen and oxygen atoms in total. The minimum atomic E-state index is -0.245. The van der Waals surface area contributed by atoms with Gasteiger partial charge >= 0.3 is 0 Å². The smallest absolute Gasteiger partial charge is 0.218 e. The highest BCUT2D eigenvalue weighted by Crippen LogP contribution is 2.22. The lowest BCUT2D eigenvalue weighted by Crippen LogP contribution is -1.97. The molecule has 0 heterocycles. The van der Waals surface area contributed by atoms with E-state index in [-0.39, 0.29) is 5.82 Å². The van der Waals surface area contributed by atoms with Crippen LogP contribution in [0.25, 0.3) is 4.85 Å². The zero-order valence-electron chi connectivity index (χ0n) is 8.30. The molecule has 0 amide bonds. The molecule has 0 aliphatic rings. The average molecular weight is 193 g/mol. The molecule has 0 saturated heterocycles. The van der Waals surface area contributed by atoms with Crippen LogP contribution in [0.5, 0.6) is 5.75 Å². The van der Waals surface area contributed by atoms with Crippen LogP contribution in [0, 0.1) is 19.3 Å². The summed E-state index contributed by atoms with van der Waals surface area (Å²) in [6.07, 6.45) is 0.532.